The maximum atomic E-state index is 12.1. The summed E-state index contributed by atoms with van der Waals surface area (Å²) in [4.78, 5) is 12.1. The molecule has 0 fully saturated rings. The quantitative estimate of drug-likeness (QED) is 0.692. The highest BCUT2D eigenvalue weighted by atomic mass is 32.2. The molecule has 0 aliphatic carbocycles. The van der Waals surface area contributed by atoms with Crippen molar-refractivity contribution in [3.8, 4) is 11.5 Å². The lowest BCUT2D eigenvalue weighted by atomic mass is 10.1. The predicted octanol–water partition coefficient (Wildman–Crippen LogP) is 2.74. The average molecular weight is 407 g/mol. The fourth-order valence-corrected chi connectivity index (χ4v) is 3.70. The van der Waals surface area contributed by atoms with Crippen LogP contribution in [-0.2, 0) is 14.8 Å². The van der Waals surface area contributed by atoms with E-state index < -0.39 is 10.0 Å². The molecule has 0 radical (unpaired) electrons. The smallest absolute Gasteiger partial charge is 0.258 e. The van der Waals surface area contributed by atoms with Crippen molar-refractivity contribution >= 4 is 21.6 Å². The lowest BCUT2D eigenvalue weighted by Crippen LogP contribution is -2.31. The molecule has 0 aliphatic heterocycles. The van der Waals surface area contributed by atoms with Gasteiger partial charge in [0.05, 0.1) is 25.1 Å². The number of nitrogens with zero attached hydrogens (tertiary/aromatic N) is 1. The highest BCUT2D eigenvalue weighted by Crippen LogP contribution is 2.21. The Morgan fingerprint density at radius 2 is 1.64 bits per heavy atom. The second kappa shape index (κ2) is 9.45. The first-order chi connectivity index (χ1) is 13.2. The van der Waals surface area contributed by atoms with Crippen molar-refractivity contribution in [2.45, 2.75) is 19.9 Å². The number of ether oxygens (including phenoxy) is 2. The number of anilines is 1. The zero-order valence-electron chi connectivity index (χ0n) is 16.5. The molecule has 0 aliphatic rings. The van der Waals surface area contributed by atoms with E-state index in [4.69, 9.17) is 9.47 Å². The number of rotatable bonds is 9. The second-order valence-corrected chi connectivity index (χ2v) is 8.18. The Bertz CT molecular complexity index is 880. The van der Waals surface area contributed by atoms with Crippen LogP contribution in [0, 0.1) is 0 Å². The summed E-state index contributed by atoms with van der Waals surface area (Å²) in [6.07, 6.45) is 1.16. The maximum absolute atomic E-state index is 12.1. The van der Waals surface area contributed by atoms with Gasteiger partial charge in [-0.25, -0.2) is 8.42 Å². The lowest BCUT2D eigenvalue weighted by molar-refractivity contribution is -0.123. The first-order valence-electron chi connectivity index (χ1n) is 8.88. The Balaban J connectivity index is 1.89. The predicted molar refractivity (Wildman–Crippen MR) is 109 cm³/mol. The summed E-state index contributed by atoms with van der Waals surface area (Å²) in [5, 5.41) is 2.87. The van der Waals surface area contributed by atoms with Crippen molar-refractivity contribution in [1.82, 2.24) is 5.32 Å². The maximum Gasteiger partial charge on any atom is 0.258 e. The van der Waals surface area contributed by atoms with Gasteiger partial charge in [0, 0.05) is 6.54 Å². The first kappa shape index (κ1) is 21.6. The van der Waals surface area contributed by atoms with Crippen LogP contribution in [0.25, 0.3) is 0 Å². The van der Waals surface area contributed by atoms with E-state index in [1.54, 1.807) is 38.3 Å². The number of benzene rings is 2. The summed E-state index contributed by atoms with van der Waals surface area (Å²) in [6, 6.07) is 13.9. The van der Waals surface area contributed by atoms with Gasteiger partial charge in [-0.3, -0.25) is 9.10 Å². The Hall–Kier alpha value is -2.74. The SMILES string of the molecule is CCN(c1ccc(OCC(=O)NC(C)c2ccc(OC)cc2)cc1)S(C)(=O)=O. The molecular weight excluding hydrogens is 380 g/mol. The molecule has 0 spiro atoms. The van der Waals surface area contributed by atoms with Gasteiger partial charge in [-0.2, -0.15) is 0 Å². The summed E-state index contributed by atoms with van der Waals surface area (Å²) < 4.78 is 35.4. The summed E-state index contributed by atoms with van der Waals surface area (Å²) in [5.74, 6) is 0.992. The fraction of sp³-hybridized carbons (Fsp3) is 0.350. The monoisotopic (exact) mass is 406 g/mol. The molecule has 0 heterocycles. The third kappa shape index (κ3) is 5.88. The zero-order valence-corrected chi connectivity index (χ0v) is 17.3. The van der Waals surface area contributed by atoms with E-state index >= 15 is 0 Å². The second-order valence-electron chi connectivity index (χ2n) is 6.27. The Morgan fingerprint density at radius 1 is 1.07 bits per heavy atom. The zero-order chi connectivity index (χ0) is 20.7. The third-order valence-corrected chi connectivity index (χ3v) is 5.45. The molecule has 7 nitrogen and oxygen atoms in total. The number of sulfonamides is 1. The average Bonchev–Trinajstić information content (AvgIpc) is 2.67. The molecule has 2 aromatic rings. The van der Waals surface area contributed by atoms with Crippen LogP contribution in [0.3, 0.4) is 0 Å². The number of methoxy groups -OCH3 is 1. The minimum Gasteiger partial charge on any atom is -0.497 e. The van der Waals surface area contributed by atoms with Gasteiger partial charge in [0.1, 0.15) is 11.5 Å². The van der Waals surface area contributed by atoms with Crippen molar-refractivity contribution in [3.05, 3.63) is 54.1 Å². The van der Waals surface area contributed by atoms with Crippen molar-refractivity contribution < 1.29 is 22.7 Å². The summed E-state index contributed by atoms with van der Waals surface area (Å²) in [6.45, 7) is 3.85. The fourth-order valence-electron chi connectivity index (χ4n) is 2.73. The highest BCUT2D eigenvalue weighted by Gasteiger charge is 2.15. The van der Waals surface area contributed by atoms with Gasteiger partial charge < -0.3 is 14.8 Å². The Morgan fingerprint density at radius 3 is 2.14 bits per heavy atom. The van der Waals surface area contributed by atoms with Gasteiger partial charge in [0.2, 0.25) is 10.0 Å². The van der Waals surface area contributed by atoms with E-state index in [1.807, 2.05) is 31.2 Å². The van der Waals surface area contributed by atoms with E-state index in [9.17, 15) is 13.2 Å². The summed E-state index contributed by atoms with van der Waals surface area (Å²) in [5.41, 5.74) is 1.51. The normalized spacial score (nSPS) is 12.1. The van der Waals surface area contributed by atoms with Crippen molar-refractivity contribution in [2.24, 2.45) is 0 Å². The van der Waals surface area contributed by atoms with Crippen LogP contribution in [-0.4, -0.2) is 40.8 Å². The van der Waals surface area contributed by atoms with Crippen LogP contribution in [0.5, 0.6) is 11.5 Å². The molecule has 1 amide bonds. The van der Waals surface area contributed by atoms with E-state index in [0.29, 0.717) is 18.0 Å². The van der Waals surface area contributed by atoms with Gasteiger partial charge in [0.15, 0.2) is 6.61 Å². The summed E-state index contributed by atoms with van der Waals surface area (Å²) >= 11 is 0. The van der Waals surface area contributed by atoms with Crippen LogP contribution < -0.4 is 19.1 Å². The van der Waals surface area contributed by atoms with Gasteiger partial charge in [0.25, 0.3) is 5.91 Å². The van der Waals surface area contributed by atoms with Crippen molar-refractivity contribution in [1.29, 1.82) is 0 Å². The van der Waals surface area contributed by atoms with Gasteiger partial charge >= 0.3 is 0 Å². The molecule has 152 valence electrons. The molecule has 1 N–H and O–H groups in total. The molecule has 28 heavy (non-hydrogen) atoms. The Labute approximate surface area is 166 Å². The van der Waals surface area contributed by atoms with Gasteiger partial charge in [-0.1, -0.05) is 12.1 Å². The van der Waals surface area contributed by atoms with E-state index in [-0.39, 0.29) is 18.6 Å². The van der Waals surface area contributed by atoms with Crippen LogP contribution in [0.15, 0.2) is 48.5 Å². The first-order valence-corrected chi connectivity index (χ1v) is 10.7. The van der Waals surface area contributed by atoms with Gasteiger partial charge in [-0.15, -0.1) is 0 Å². The molecule has 2 aromatic carbocycles. The standard InChI is InChI=1S/C20H26N2O5S/c1-5-22(28(4,24)25)17-8-12-19(13-9-17)27-14-20(23)21-15(2)16-6-10-18(26-3)11-7-16/h6-13,15H,5,14H2,1-4H3,(H,21,23). The molecule has 8 heteroatoms. The number of nitrogens with one attached hydrogen (secondary N) is 1. The van der Waals surface area contributed by atoms with E-state index in [2.05, 4.69) is 5.32 Å². The number of hydrogen-bond acceptors (Lipinski definition) is 5. The molecule has 0 saturated heterocycles. The minimum atomic E-state index is -3.33. The largest absolute Gasteiger partial charge is 0.497 e. The lowest BCUT2D eigenvalue weighted by Gasteiger charge is -2.20. The third-order valence-electron chi connectivity index (χ3n) is 4.18. The van der Waals surface area contributed by atoms with Crippen LogP contribution in [0.1, 0.15) is 25.5 Å². The number of hydrogen-bond donors (Lipinski definition) is 1. The number of carbonyl (C=O) groups is 1. The van der Waals surface area contributed by atoms with E-state index in [0.717, 1.165) is 17.6 Å². The van der Waals surface area contributed by atoms with E-state index in [1.165, 1.54) is 4.31 Å². The van der Waals surface area contributed by atoms with Crippen LogP contribution >= 0.6 is 0 Å². The van der Waals surface area contributed by atoms with Crippen molar-refractivity contribution in [2.75, 3.05) is 30.8 Å². The summed E-state index contributed by atoms with van der Waals surface area (Å²) in [7, 11) is -1.73. The molecule has 1 unspecified atom stereocenters. The highest BCUT2D eigenvalue weighted by molar-refractivity contribution is 7.92. The van der Waals surface area contributed by atoms with Crippen LogP contribution in [0.4, 0.5) is 5.69 Å². The van der Waals surface area contributed by atoms with Gasteiger partial charge in [-0.05, 0) is 55.8 Å². The minimum absolute atomic E-state index is 0.136. The number of carbonyl (C=O) groups excluding carboxylic acids is 1. The number of amides is 1. The molecule has 1 atom stereocenters. The Kier molecular flexibility index (Phi) is 7.28. The van der Waals surface area contributed by atoms with Crippen LogP contribution in [0.2, 0.25) is 0 Å². The topological polar surface area (TPSA) is 84.9 Å². The molecule has 0 saturated carbocycles. The molecule has 0 aromatic heterocycles. The molecule has 2 rings (SSSR count). The molecular formula is C20H26N2O5S. The van der Waals surface area contributed by atoms with Crippen molar-refractivity contribution in [3.63, 3.8) is 0 Å². The molecule has 0 bridgehead atoms.